The Labute approximate surface area is 159 Å². The predicted octanol–water partition coefficient (Wildman–Crippen LogP) is 3.85. The molecule has 0 fully saturated rings. The maximum absolute atomic E-state index is 12.7. The molecule has 0 bridgehead atoms. The first-order valence-corrected chi connectivity index (χ1v) is 9.01. The molecule has 1 heterocycles. The van der Waals surface area contributed by atoms with E-state index < -0.39 is 0 Å². The van der Waals surface area contributed by atoms with Crippen LogP contribution in [0.2, 0.25) is 0 Å². The number of anilines is 1. The van der Waals surface area contributed by atoms with Gasteiger partial charge in [0, 0.05) is 12.7 Å². The Kier molecular flexibility index (Phi) is 5.31. The molecule has 5 nitrogen and oxygen atoms in total. The van der Waals surface area contributed by atoms with Crippen LogP contribution >= 0.6 is 0 Å². The van der Waals surface area contributed by atoms with Gasteiger partial charge in [-0.25, -0.2) is 0 Å². The molecule has 0 aromatic heterocycles. The molecule has 27 heavy (non-hydrogen) atoms. The second-order valence-electron chi connectivity index (χ2n) is 7.09. The third kappa shape index (κ3) is 3.87. The molecule has 3 rings (SSSR count). The Morgan fingerprint density at radius 3 is 2.30 bits per heavy atom. The van der Waals surface area contributed by atoms with Crippen LogP contribution in [0.5, 0.6) is 5.75 Å². The number of carbonyl (C=O) groups excluding carboxylic acids is 2. The van der Waals surface area contributed by atoms with Gasteiger partial charge in [0.05, 0.1) is 12.2 Å². The number of nitrogens with zero attached hydrogens (tertiary/aromatic N) is 1. The minimum absolute atomic E-state index is 0.299. The number of amides is 2. The number of hydrogen-bond donors (Lipinski definition) is 1. The molecule has 0 aliphatic carbocycles. The fourth-order valence-corrected chi connectivity index (χ4v) is 2.85. The molecule has 0 saturated carbocycles. The molecule has 0 spiro atoms. The van der Waals surface area contributed by atoms with Gasteiger partial charge in [0.25, 0.3) is 11.8 Å². The van der Waals surface area contributed by atoms with Crippen molar-refractivity contribution in [2.75, 3.05) is 19.0 Å². The van der Waals surface area contributed by atoms with Crippen molar-refractivity contribution in [1.82, 2.24) is 4.90 Å². The normalized spacial score (nSPS) is 14.3. The van der Waals surface area contributed by atoms with Gasteiger partial charge in [-0.2, -0.15) is 0 Å². The number of ether oxygens (including phenoxy) is 1. The topological polar surface area (TPSA) is 58.6 Å². The maximum Gasteiger partial charge on any atom is 0.277 e. The van der Waals surface area contributed by atoms with Crippen molar-refractivity contribution in [3.05, 3.63) is 65.4 Å². The van der Waals surface area contributed by atoms with Crippen LogP contribution in [-0.2, 0) is 9.59 Å². The van der Waals surface area contributed by atoms with Crippen LogP contribution in [0.1, 0.15) is 25.0 Å². The largest absolute Gasteiger partial charge is 0.493 e. The van der Waals surface area contributed by atoms with E-state index in [1.165, 1.54) is 7.05 Å². The first kappa shape index (κ1) is 18.7. The van der Waals surface area contributed by atoms with Crippen molar-refractivity contribution >= 4 is 23.1 Å². The minimum atomic E-state index is -0.335. The first-order valence-electron chi connectivity index (χ1n) is 9.01. The average Bonchev–Trinajstić information content (AvgIpc) is 2.86. The van der Waals surface area contributed by atoms with Crippen molar-refractivity contribution in [3.8, 4) is 5.75 Å². The monoisotopic (exact) mass is 364 g/mol. The average molecular weight is 364 g/mol. The van der Waals surface area contributed by atoms with Gasteiger partial charge in [-0.05, 0) is 42.2 Å². The number of hydrogen-bond acceptors (Lipinski definition) is 4. The summed E-state index contributed by atoms with van der Waals surface area (Å²) >= 11 is 0. The second kappa shape index (κ2) is 7.66. The van der Waals surface area contributed by atoms with Crippen LogP contribution < -0.4 is 10.1 Å². The molecule has 0 radical (unpaired) electrons. The number of aryl methyl sites for hydroxylation is 1. The predicted molar refractivity (Wildman–Crippen MR) is 106 cm³/mol. The summed E-state index contributed by atoms with van der Waals surface area (Å²) in [5.74, 6) is 0.525. The Bertz CT molecular complexity index is 898. The molecular weight excluding hydrogens is 340 g/mol. The van der Waals surface area contributed by atoms with Gasteiger partial charge in [0.1, 0.15) is 11.4 Å². The standard InChI is InChI=1S/C22H24N2O3/c1-14(2)13-27-17-11-9-16(10-12-17)19-20(22(26)24(4)21(19)25)23-18-8-6-5-7-15(18)3/h5-12,14,23H,13H2,1-4H3. The number of likely N-dealkylation sites (N-methyl/N-ethyl adjacent to an activating group) is 1. The molecule has 0 atom stereocenters. The van der Waals surface area contributed by atoms with Crippen LogP contribution in [-0.4, -0.2) is 30.4 Å². The number of para-hydroxylation sites is 1. The van der Waals surface area contributed by atoms with E-state index in [-0.39, 0.29) is 11.8 Å². The lowest BCUT2D eigenvalue weighted by molar-refractivity contribution is -0.135. The Morgan fingerprint density at radius 2 is 1.67 bits per heavy atom. The highest BCUT2D eigenvalue weighted by Gasteiger charge is 2.36. The zero-order chi connectivity index (χ0) is 19.6. The molecule has 0 unspecified atom stereocenters. The van der Waals surface area contributed by atoms with Crippen LogP contribution in [0.25, 0.3) is 5.57 Å². The van der Waals surface area contributed by atoms with E-state index in [0.717, 1.165) is 21.9 Å². The summed E-state index contributed by atoms with van der Waals surface area (Å²) in [5, 5.41) is 3.16. The molecule has 2 aromatic carbocycles. The van der Waals surface area contributed by atoms with Gasteiger partial charge >= 0.3 is 0 Å². The van der Waals surface area contributed by atoms with Gasteiger partial charge in [0.15, 0.2) is 0 Å². The van der Waals surface area contributed by atoms with Gasteiger partial charge in [-0.3, -0.25) is 14.5 Å². The highest BCUT2D eigenvalue weighted by molar-refractivity contribution is 6.36. The fraction of sp³-hybridized carbons (Fsp3) is 0.273. The molecule has 1 aliphatic heterocycles. The zero-order valence-corrected chi connectivity index (χ0v) is 16.1. The van der Waals surface area contributed by atoms with E-state index in [0.29, 0.717) is 29.4 Å². The third-order valence-corrected chi connectivity index (χ3v) is 4.42. The summed E-state index contributed by atoms with van der Waals surface area (Å²) in [5.41, 5.74) is 3.16. The molecule has 5 heteroatoms. The van der Waals surface area contributed by atoms with E-state index in [1.54, 1.807) is 0 Å². The van der Waals surface area contributed by atoms with Gasteiger partial charge in [-0.15, -0.1) is 0 Å². The number of benzene rings is 2. The first-order chi connectivity index (χ1) is 12.9. The summed E-state index contributed by atoms with van der Waals surface area (Å²) < 4.78 is 5.70. The highest BCUT2D eigenvalue weighted by atomic mass is 16.5. The fourth-order valence-electron chi connectivity index (χ4n) is 2.85. The van der Waals surface area contributed by atoms with E-state index in [2.05, 4.69) is 19.2 Å². The summed E-state index contributed by atoms with van der Waals surface area (Å²) in [7, 11) is 1.50. The lowest BCUT2D eigenvalue weighted by Gasteiger charge is -2.11. The molecule has 140 valence electrons. The van der Waals surface area contributed by atoms with E-state index in [4.69, 9.17) is 4.74 Å². The zero-order valence-electron chi connectivity index (χ0n) is 16.1. The van der Waals surface area contributed by atoms with Gasteiger partial charge in [-0.1, -0.05) is 44.2 Å². The van der Waals surface area contributed by atoms with Crippen LogP contribution in [0, 0.1) is 12.8 Å². The number of rotatable bonds is 6. The third-order valence-electron chi connectivity index (χ3n) is 4.42. The molecule has 2 amide bonds. The van der Waals surface area contributed by atoms with Crippen LogP contribution in [0.15, 0.2) is 54.2 Å². The Hall–Kier alpha value is -3.08. The SMILES string of the molecule is Cc1ccccc1NC1=C(c2ccc(OCC(C)C)cc2)C(=O)N(C)C1=O. The summed E-state index contributed by atoms with van der Waals surface area (Å²) in [6.45, 7) is 6.75. The van der Waals surface area contributed by atoms with Crippen molar-refractivity contribution in [2.45, 2.75) is 20.8 Å². The molecule has 2 aromatic rings. The van der Waals surface area contributed by atoms with Gasteiger partial charge < -0.3 is 10.1 Å². The molecule has 1 aliphatic rings. The number of carbonyl (C=O) groups is 2. The van der Waals surface area contributed by atoms with Crippen molar-refractivity contribution in [2.24, 2.45) is 5.92 Å². The lowest BCUT2D eigenvalue weighted by Crippen LogP contribution is -2.28. The lowest BCUT2D eigenvalue weighted by atomic mass is 10.0. The van der Waals surface area contributed by atoms with E-state index in [1.807, 2.05) is 55.5 Å². The molecule has 0 saturated heterocycles. The van der Waals surface area contributed by atoms with E-state index >= 15 is 0 Å². The smallest absolute Gasteiger partial charge is 0.277 e. The van der Waals surface area contributed by atoms with Crippen LogP contribution in [0.4, 0.5) is 5.69 Å². The molecular formula is C22H24N2O3. The Balaban J connectivity index is 1.95. The Morgan fingerprint density at radius 1 is 1.00 bits per heavy atom. The van der Waals surface area contributed by atoms with Crippen LogP contribution in [0.3, 0.4) is 0 Å². The van der Waals surface area contributed by atoms with Crippen molar-refractivity contribution in [3.63, 3.8) is 0 Å². The summed E-state index contributed by atoms with van der Waals surface area (Å²) in [4.78, 5) is 26.4. The maximum atomic E-state index is 12.7. The number of nitrogens with one attached hydrogen (secondary N) is 1. The van der Waals surface area contributed by atoms with Gasteiger partial charge in [0.2, 0.25) is 0 Å². The highest BCUT2D eigenvalue weighted by Crippen LogP contribution is 2.31. The number of imide groups is 1. The minimum Gasteiger partial charge on any atom is -0.493 e. The van der Waals surface area contributed by atoms with Crippen molar-refractivity contribution < 1.29 is 14.3 Å². The second-order valence-corrected chi connectivity index (χ2v) is 7.09. The van der Waals surface area contributed by atoms with Crippen molar-refractivity contribution in [1.29, 1.82) is 0 Å². The summed E-state index contributed by atoms with van der Waals surface area (Å²) in [6, 6.07) is 14.9. The summed E-state index contributed by atoms with van der Waals surface area (Å²) in [6.07, 6.45) is 0. The van der Waals surface area contributed by atoms with E-state index in [9.17, 15) is 9.59 Å². The quantitative estimate of drug-likeness (QED) is 0.791. The molecule has 1 N–H and O–H groups in total.